The van der Waals surface area contributed by atoms with Crippen LogP contribution in [0.1, 0.15) is 26.7 Å². The second-order valence-electron chi connectivity index (χ2n) is 4.03. The van der Waals surface area contributed by atoms with E-state index in [0.717, 1.165) is 12.2 Å². The van der Waals surface area contributed by atoms with Crippen LogP contribution in [0.4, 0.5) is 0 Å². The smallest absolute Gasteiger partial charge is 0.124 e. The van der Waals surface area contributed by atoms with Crippen molar-refractivity contribution in [3.05, 3.63) is 17.6 Å². The van der Waals surface area contributed by atoms with E-state index in [2.05, 4.69) is 19.9 Å². The molecule has 2 rings (SSSR count). The first-order valence-electron chi connectivity index (χ1n) is 4.74. The standard InChI is InChI=1S/C11H15O/c1-3-8-4-9-5-10(8)11(6-12)7(9)2/h3,6-7,9,11H,4-5H2,1-2H3. The number of carbonyl (C=O) groups is 1. The zero-order valence-electron chi connectivity index (χ0n) is 7.71. The van der Waals surface area contributed by atoms with Crippen molar-refractivity contribution in [1.29, 1.82) is 0 Å². The van der Waals surface area contributed by atoms with E-state index in [1.165, 1.54) is 24.3 Å². The maximum Gasteiger partial charge on any atom is 0.124 e. The van der Waals surface area contributed by atoms with Gasteiger partial charge >= 0.3 is 0 Å². The van der Waals surface area contributed by atoms with Crippen molar-refractivity contribution in [2.75, 3.05) is 0 Å². The Labute approximate surface area is 73.8 Å². The fourth-order valence-electron chi connectivity index (χ4n) is 2.74. The van der Waals surface area contributed by atoms with Crippen LogP contribution < -0.4 is 0 Å². The average Bonchev–Trinajstić information content (AvgIpc) is 2.61. The summed E-state index contributed by atoms with van der Waals surface area (Å²) in [5, 5.41) is 0. The first-order valence-corrected chi connectivity index (χ1v) is 4.74. The van der Waals surface area contributed by atoms with E-state index < -0.39 is 0 Å². The van der Waals surface area contributed by atoms with Crippen molar-refractivity contribution in [2.45, 2.75) is 26.7 Å². The minimum Gasteiger partial charge on any atom is -0.303 e. The van der Waals surface area contributed by atoms with Crippen molar-refractivity contribution in [1.82, 2.24) is 0 Å². The van der Waals surface area contributed by atoms with Crippen LogP contribution >= 0.6 is 0 Å². The molecule has 0 spiro atoms. The van der Waals surface area contributed by atoms with Crippen LogP contribution in [0.2, 0.25) is 0 Å². The normalized spacial score (nSPS) is 44.2. The summed E-state index contributed by atoms with van der Waals surface area (Å²) in [6, 6.07) is 0. The lowest BCUT2D eigenvalue weighted by molar-refractivity contribution is -0.111. The van der Waals surface area contributed by atoms with Gasteiger partial charge in [0, 0.05) is 11.8 Å². The zero-order chi connectivity index (χ0) is 8.72. The van der Waals surface area contributed by atoms with E-state index in [-0.39, 0.29) is 5.92 Å². The highest BCUT2D eigenvalue weighted by Crippen LogP contribution is 2.55. The maximum atomic E-state index is 10.8. The summed E-state index contributed by atoms with van der Waals surface area (Å²) < 4.78 is 0. The zero-order valence-corrected chi connectivity index (χ0v) is 7.71. The molecule has 1 heteroatoms. The predicted octanol–water partition coefficient (Wildman–Crippen LogP) is 2.38. The van der Waals surface area contributed by atoms with Gasteiger partial charge in [-0.05, 0) is 31.6 Å². The van der Waals surface area contributed by atoms with E-state index in [1.807, 2.05) is 0 Å². The molecule has 0 aromatic rings. The van der Waals surface area contributed by atoms with E-state index in [4.69, 9.17) is 0 Å². The molecular formula is C11H15O. The summed E-state index contributed by atoms with van der Waals surface area (Å²) in [5.74, 6) is 3.04. The molecule has 3 atom stereocenters. The lowest BCUT2D eigenvalue weighted by Crippen LogP contribution is -2.21. The summed E-state index contributed by atoms with van der Waals surface area (Å²) in [4.78, 5) is 10.8. The van der Waals surface area contributed by atoms with Crippen LogP contribution in [0, 0.1) is 23.7 Å². The van der Waals surface area contributed by atoms with E-state index in [1.54, 1.807) is 0 Å². The second kappa shape index (κ2) is 2.72. The number of rotatable bonds is 1. The lowest BCUT2D eigenvalue weighted by atomic mass is 9.78. The van der Waals surface area contributed by atoms with Gasteiger partial charge in [0.2, 0.25) is 0 Å². The van der Waals surface area contributed by atoms with Crippen molar-refractivity contribution < 1.29 is 4.79 Å². The quantitative estimate of drug-likeness (QED) is 0.542. The third-order valence-corrected chi connectivity index (χ3v) is 3.58. The Kier molecular flexibility index (Phi) is 1.82. The molecule has 0 saturated heterocycles. The highest BCUT2D eigenvalue weighted by atomic mass is 16.1. The van der Waals surface area contributed by atoms with Crippen molar-refractivity contribution in [3.63, 3.8) is 0 Å². The molecule has 3 unspecified atom stereocenters. The molecule has 2 aliphatic rings. The fraction of sp³-hybridized carbons (Fsp3) is 0.636. The molecule has 0 N–H and O–H groups in total. The molecule has 65 valence electrons. The minimum atomic E-state index is 0.245. The molecule has 0 aliphatic heterocycles. The molecule has 1 radical (unpaired) electrons. The van der Waals surface area contributed by atoms with Gasteiger partial charge in [-0.25, -0.2) is 0 Å². The molecule has 0 amide bonds. The molecule has 2 saturated carbocycles. The van der Waals surface area contributed by atoms with E-state index >= 15 is 0 Å². The van der Waals surface area contributed by atoms with Crippen LogP contribution in [0.5, 0.6) is 0 Å². The Morgan fingerprint density at radius 3 is 2.67 bits per heavy atom. The van der Waals surface area contributed by atoms with Crippen LogP contribution in [-0.2, 0) is 4.79 Å². The Bertz CT molecular complexity index is 229. The van der Waals surface area contributed by atoms with Crippen molar-refractivity contribution in [3.8, 4) is 0 Å². The summed E-state index contributed by atoms with van der Waals surface area (Å²) in [6.45, 7) is 4.29. The minimum absolute atomic E-state index is 0.245. The van der Waals surface area contributed by atoms with E-state index in [0.29, 0.717) is 5.92 Å². The van der Waals surface area contributed by atoms with Crippen LogP contribution in [0.15, 0.2) is 11.6 Å². The molecule has 0 aromatic carbocycles. The molecular weight excluding hydrogens is 148 g/mol. The van der Waals surface area contributed by atoms with Gasteiger partial charge in [0.15, 0.2) is 0 Å². The Hall–Kier alpha value is -0.590. The first-order chi connectivity index (χ1) is 5.77. The monoisotopic (exact) mass is 163 g/mol. The van der Waals surface area contributed by atoms with Crippen LogP contribution in [-0.4, -0.2) is 6.29 Å². The summed E-state index contributed by atoms with van der Waals surface area (Å²) >= 11 is 0. The molecule has 2 fully saturated rings. The van der Waals surface area contributed by atoms with Gasteiger partial charge in [-0.2, -0.15) is 0 Å². The van der Waals surface area contributed by atoms with Gasteiger partial charge in [-0.15, -0.1) is 0 Å². The highest BCUT2D eigenvalue weighted by molar-refractivity contribution is 5.63. The lowest BCUT2D eigenvalue weighted by Gasteiger charge is -2.25. The van der Waals surface area contributed by atoms with Crippen molar-refractivity contribution in [2.24, 2.45) is 17.8 Å². The molecule has 12 heavy (non-hydrogen) atoms. The highest BCUT2D eigenvalue weighted by Gasteiger charge is 2.47. The fourth-order valence-corrected chi connectivity index (χ4v) is 2.74. The summed E-state index contributed by atoms with van der Waals surface area (Å²) in [7, 11) is 0. The molecule has 2 bridgehead atoms. The van der Waals surface area contributed by atoms with Gasteiger partial charge < -0.3 is 4.79 Å². The number of aldehydes is 1. The number of allylic oxidation sites excluding steroid dienone is 2. The third-order valence-electron chi connectivity index (χ3n) is 3.58. The van der Waals surface area contributed by atoms with Gasteiger partial charge in [-0.1, -0.05) is 18.6 Å². The predicted molar refractivity (Wildman–Crippen MR) is 48.4 cm³/mol. The molecule has 2 aliphatic carbocycles. The number of carbonyl (C=O) groups excluding carboxylic acids is 1. The number of hydrogen-bond acceptors (Lipinski definition) is 1. The third kappa shape index (κ3) is 0.886. The Morgan fingerprint density at radius 2 is 2.17 bits per heavy atom. The molecule has 0 aromatic heterocycles. The first kappa shape index (κ1) is 8.03. The van der Waals surface area contributed by atoms with E-state index in [9.17, 15) is 4.79 Å². The number of fused-ring (bicyclic) bond motifs is 2. The topological polar surface area (TPSA) is 17.1 Å². The second-order valence-corrected chi connectivity index (χ2v) is 4.03. The summed E-state index contributed by atoms with van der Waals surface area (Å²) in [5.41, 5.74) is 1.45. The summed E-state index contributed by atoms with van der Waals surface area (Å²) in [6.07, 6.45) is 5.72. The average molecular weight is 163 g/mol. The Morgan fingerprint density at radius 1 is 1.42 bits per heavy atom. The maximum absolute atomic E-state index is 10.8. The Balaban J connectivity index is 2.25. The largest absolute Gasteiger partial charge is 0.303 e. The SMILES string of the molecule is CC=C1CC2C[C]1C(C=O)C2C. The van der Waals surface area contributed by atoms with Crippen LogP contribution in [0.3, 0.4) is 0 Å². The molecule has 0 heterocycles. The van der Waals surface area contributed by atoms with Gasteiger partial charge in [0.25, 0.3) is 0 Å². The number of hydrogen-bond donors (Lipinski definition) is 0. The van der Waals surface area contributed by atoms with Gasteiger partial charge in [0.05, 0.1) is 0 Å². The van der Waals surface area contributed by atoms with Crippen molar-refractivity contribution >= 4 is 6.29 Å². The van der Waals surface area contributed by atoms with Crippen LogP contribution in [0.25, 0.3) is 0 Å². The molecule has 1 nitrogen and oxygen atoms in total. The van der Waals surface area contributed by atoms with Gasteiger partial charge in [-0.3, -0.25) is 0 Å². The van der Waals surface area contributed by atoms with Gasteiger partial charge in [0.1, 0.15) is 6.29 Å².